The quantitative estimate of drug-likeness (QED) is 0.269. The van der Waals surface area contributed by atoms with Crippen LogP contribution in [0.2, 0.25) is 10.0 Å². The number of nitrogens with zero attached hydrogens (tertiary/aromatic N) is 1. The number of hydrazone groups is 1. The lowest BCUT2D eigenvalue weighted by Crippen LogP contribution is -2.49. The van der Waals surface area contributed by atoms with Gasteiger partial charge in [-0.25, -0.2) is 5.43 Å². The number of hydrogen-bond acceptors (Lipinski definition) is 5. The maximum atomic E-state index is 12.7. The van der Waals surface area contributed by atoms with Crippen LogP contribution in [-0.4, -0.2) is 36.8 Å². The highest BCUT2D eigenvalue weighted by atomic mass is 35.5. The van der Waals surface area contributed by atoms with Gasteiger partial charge in [-0.2, -0.15) is 5.10 Å². The van der Waals surface area contributed by atoms with Crippen LogP contribution in [0.4, 0.5) is 0 Å². The van der Waals surface area contributed by atoms with Crippen LogP contribution in [0.3, 0.4) is 0 Å². The molecule has 0 unspecified atom stereocenters. The molecule has 9 heteroatoms. The summed E-state index contributed by atoms with van der Waals surface area (Å²) >= 11 is 12.0. The van der Waals surface area contributed by atoms with Gasteiger partial charge in [0.1, 0.15) is 24.1 Å². The van der Waals surface area contributed by atoms with Gasteiger partial charge in [-0.15, -0.1) is 6.42 Å². The molecule has 7 nitrogen and oxygen atoms in total. The van der Waals surface area contributed by atoms with E-state index in [4.69, 9.17) is 39.1 Å². The number of carbonyl (C=O) groups is 2. The van der Waals surface area contributed by atoms with Crippen LogP contribution in [0.25, 0.3) is 0 Å². The van der Waals surface area contributed by atoms with Crippen molar-refractivity contribution in [1.82, 2.24) is 10.7 Å². The smallest absolute Gasteiger partial charge is 0.262 e. The minimum absolute atomic E-state index is 0.150. The Labute approximate surface area is 209 Å². The van der Waals surface area contributed by atoms with Crippen molar-refractivity contribution in [3.05, 3.63) is 58.1 Å². The van der Waals surface area contributed by atoms with Crippen LogP contribution in [0.15, 0.2) is 47.6 Å². The average molecular weight is 504 g/mol. The Morgan fingerprint density at radius 2 is 1.82 bits per heavy atom. The number of rotatable bonds is 11. The number of carbonyl (C=O) groups excluding carboxylic acids is 2. The molecule has 0 aliphatic rings. The van der Waals surface area contributed by atoms with Gasteiger partial charge in [0.05, 0.1) is 11.2 Å². The average Bonchev–Trinajstić information content (AvgIpc) is 2.79. The summed E-state index contributed by atoms with van der Waals surface area (Å²) in [5.74, 6) is 2.60. The van der Waals surface area contributed by atoms with E-state index in [2.05, 4.69) is 21.8 Å². The lowest BCUT2D eigenvalue weighted by Gasteiger charge is -2.22. The Morgan fingerprint density at radius 1 is 1.12 bits per heavy atom. The molecular formula is C25H27Cl2N3O4. The third-order valence-electron chi connectivity index (χ3n) is 4.50. The van der Waals surface area contributed by atoms with E-state index in [9.17, 15) is 9.59 Å². The Kier molecular flexibility index (Phi) is 10.7. The van der Waals surface area contributed by atoms with Crippen molar-refractivity contribution < 1.29 is 19.1 Å². The molecule has 0 fully saturated rings. The molecule has 0 aromatic heterocycles. The van der Waals surface area contributed by atoms with Gasteiger partial charge < -0.3 is 14.8 Å². The highest BCUT2D eigenvalue weighted by Gasteiger charge is 2.25. The molecular weight excluding hydrogens is 477 g/mol. The van der Waals surface area contributed by atoms with E-state index in [-0.39, 0.29) is 17.5 Å². The normalized spacial score (nSPS) is 12.6. The van der Waals surface area contributed by atoms with Crippen molar-refractivity contribution in [2.75, 3.05) is 6.61 Å². The zero-order chi connectivity index (χ0) is 25.1. The van der Waals surface area contributed by atoms with Gasteiger partial charge in [0.25, 0.3) is 11.8 Å². The Hall–Kier alpha value is -3.21. The molecule has 2 atom stereocenters. The Balaban J connectivity index is 1.96. The second-order valence-corrected chi connectivity index (χ2v) is 8.67. The number of amides is 2. The molecule has 34 heavy (non-hydrogen) atoms. The maximum absolute atomic E-state index is 12.7. The predicted octanol–water partition coefficient (Wildman–Crippen LogP) is 4.45. The standard InChI is InChI=1S/C25H27Cl2N3O4/c1-5-12-33-20-9-6-18(7-10-20)15-28-30-25(32)22(13-16(2)3)29-24(31)17(4)34-23-11-8-19(26)14-21(23)27/h1,6-11,14-17,22H,12-13H2,2-4H3,(H,29,31)(H,30,32)/b28-15-/t17-,22-/m1/s1. The predicted molar refractivity (Wildman–Crippen MR) is 134 cm³/mol. The molecule has 0 bridgehead atoms. The van der Waals surface area contributed by atoms with Crippen molar-refractivity contribution in [2.45, 2.75) is 39.3 Å². The van der Waals surface area contributed by atoms with Crippen LogP contribution in [0, 0.1) is 18.3 Å². The second-order valence-electron chi connectivity index (χ2n) is 7.82. The molecule has 0 spiro atoms. The largest absolute Gasteiger partial charge is 0.481 e. The van der Waals surface area contributed by atoms with E-state index in [1.54, 1.807) is 43.3 Å². The number of ether oxygens (including phenoxy) is 2. The van der Waals surface area contributed by atoms with Gasteiger partial charge in [-0.1, -0.05) is 43.0 Å². The summed E-state index contributed by atoms with van der Waals surface area (Å²) in [5.41, 5.74) is 3.23. The third-order valence-corrected chi connectivity index (χ3v) is 5.03. The van der Waals surface area contributed by atoms with Gasteiger partial charge in [-0.05, 0) is 67.3 Å². The van der Waals surface area contributed by atoms with Crippen LogP contribution in [0.1, 0.15) is 32.8 Å². The highest BCUT2D eigenvalue weighted by molar-refractivity contribution is 6.35. The molecule has 0 saturated heterocycles. The number of halogens is 2. The van der Waals surface area contributed by atoms with Crippen molar-refractivity contribution >= 4 is 41.2 Å². The van der Waals surface area contributed by atoms with Gasteiger partial charge in [0.15, 0.2) is 6.10 Å². The number of benzene rings is 2. The van der Waals surface area contributed by atoms with Crippen LogP contribution >= 0.6 is 23.2 Å². The van der Waals surface area contributed by atoms with Gasteiger partial charge in [-0.3, -0.25) is 9.59 Å². The summed E-state index contributed by atoms with van der Waals surface area (Å²) in [6, 6.07) is 11.0. The SMILES string of the molecule is C#CCOc1ccc(/C=N\NC(=O)[C@@H](CC(C)C)NC(=O)[C@@H](C)Oc2ccc(Cl)cc2Cl)cc1. The van der Waals surface area contributed by atoms with Gasteiger partial charge in [0.2, 0.25) is 0 Å². The topological polar surface area (TPSA) is 89.0 Å². The van der Waals surface area contributed by atoms with Crippen LogP contribution in [-0.2, 0) is 9.59 Å². The van der Waals surface area contributed by atoms with Gasteiger partial charge >= 0.3 is 0 Å². The molecule has 2 N–H and O–H groups in total. The highest BCUT2D eigenvalue weighted by Crippen LogP contribution is 2.28. The number of nitrogens with one attached hydrogen (secondary N) is 2. The maximum Gasteiger partial charge on any atom is 0.262 e. The first-order valence-corrected chi connectivity index (χ1v) is 11.4. The fraction of sp³-hybridized carbons (Fsp3) is 0.320. The molecule has 0 saturated carbocycles. The zero-order valence-corrected chi connectivity index (χ0v) is 20.7. The molecule has 0 aliphatic carbocycles. The first-order chi connectivity index (χ1) is 16.2. The van der Waals surface area contributed by atoms with Crippen molar-refractivity contribution in [3.63, 3.8) is 0 Å². The number of hydrogen-bond donors (Lipinski definition) is 2. The van der Waals surface area contributed by atoms with E-state index >= 15 is 0 Å². The first kappa shape index (κ1) is 27.0. The summed E-state index contributed by atoms with van der Waals surface area (Å²) in [5, 5.41) is 7.46. The summed E-state index contributed by atoms with van der Waals surface area (Å²) < 4.78 is 10.9. The third kappa shape index (κ3) is 8.97. The number of terminal acetylenes is 1. The molecule has 2 aromatic carbocycles. The molecule has 2 amide bonds. The van der Waals surface area contributed by atoms with Crippen LogP contribution < -0.4 is 20.2 Å². The minimum atomic E-state index is -0.889. The summed E-state index contributed by atoms with van der Waals surface area (Å²) in [6.45, 7) is 5.66. The summed E-state index contributed by atoms with van der Waals surface area (Å²) in [7, 11) is 0. The lowest BCUT2D eigenvalue weighted by atomic mass is 10.0. The molecule has 0 radical (unpaired) electrons. The fourth-order valence-corrected chi connectivity index (χ4v) is 3.28. The van der Waals surface area contributed by atoms with Crippen molar-refractivity contribution in [1.29, 1.82) is 0 Å². The van der Waals surface area contributed by atoms with E-state index in [1.807, 2.05) is 13.8 Å². The van der Waals surface area contributed by atoms with E-state index < -0.39 is 24.0 Å². The van der Waals surface area contributed by atoms with E-state index in [0.717, 1.165) is 5.56 Å². The van der Waals surface area contributed by atoms with E-state index in [0.29, 0.717) is 22.9 Å². The zero-order valence-electron chi connectivity index (χ0n) is 19.2. The molecule has 2 rings (SSSR count). The molecule has 0 aliphatic heterocycles. The van der Waals surface area contributed by atoms with E-state index in [1.165, 1.54) is 12.3 Å². The Morgan fingerprint density at radius 3 is 2.44 bits per heavy atom. The molecule has 180 valence electrons. The van der Waals surface area contributed by atoms with Crippen molar-refractivity contribution in [3.8, 4) is 23.8 Å². The minimum Gasteiger partial charge on any atom is -0.481 e. The summed E-state index contributed by atoms with van der Waals surface area (Å²) in [4.78, 5) is 25.4. The molecule has 2 aromatic rings. The fourth-order valence-electron chi connectivity index (χ4n) is 2.83. The lowest BCUT2D eigenvalue weighted by molar-refractivity contribution is -0.132. The Bertz CT molecular complexity index is 1050. The summed E-state index contributed by atoms with van der Waals surface area (Å²) in [6.07, 6.45) is 6.19. The van der Waals surface area contributed by atoms with Crippen molar-refractivity contribution in [2.24, 2.45) is 11.0 Å². The van der Waals surface area contributed by atoms with Crippen LogP contribution in [0.5, 0.6) is 11.5 Å². The second kappa shape index (κ2) is 13.5. The first-order valence-electron chi connectivity index (χ1n) is 10.6. The monoisotopic (exact) mass is 503 g/mol. The van der Waals surface area contributed by atoms with Gasteiger partial charge in [0, 0.05) is 5.02 Å². The molecule has 0 heterocycles.